The minimum atomic E-state index is -0.465. The van der Waals surface area contributed by atoms with Crippen LogP contribution >= 0.6 is 0 Å². The summed E-state index contributed by atoms with van der Waals surface area (Å²) in [5.74, 6) is -0.150. The Morgan fingerprint density at radius 3 is 2.78 bits per heavy atom. The summed E-state index contributed by atoms with van der Waals surface area (Å²) in [6, 6.07) is 7.60. The summed E-state index contributed by atoms with van der Waals surface area (Å²) in [6.45, 7) is 8.26. The average Bonchev–Trinajstić information content (AvgIpc) is 3.18. The monoisotopic (exact) mass is 372 g/mol. The molecule has 146 valence electrons. The van der Waals surface area contributed by atoms with E-state index >= 15 is 0 Å². The summed E-state index contributed by atoms with van der Waals surface area (Å²) in [5.41, 5.74) is 4.11. The van der Waals surface area contributed by atoms with Crippen molar-refractivity contribution in [1.82, 2.24) is 14.7 Å². The number of nitrogens with zero attached hydrogens (tertiary/aromatic N) is 3. The van der Waals surface area contributed by atoms with Crippen LogP contribution in [0.4, 0.5) is 5.69 Å². The molecule has 2 aromatic rings. The first-order valence-corrected chi connectivity index (χ1v) is 9.31. The standard InChI is InChI=1S/C20H28N4O3/c1-5-24(17-11-27-12-18(17)25)10-15-7-6-8-16(9-15)20(26)21-19-13(2)22-23(4)14(19)3/h6-9,17-18,25H,5,10-12H2,1-4H3,(H,21,26)/t17-,18-/m0/s1. The number of aliphatic hydroxyl groups excluding tert-OH is 1. The highest BCUT2D eigenvalue weighted by Gasteiger charge is 2.30. The van der Waals surface area contributed by atoms with Gasteiger partial charge in [0.2, 0.25) is 0 Å². The minimum Gasteiger partial charge on any atom is -0.389 e. The number of aliphatic hydroxyl groups is 1. The Morgan fingerprint density at radius 1 is 1.41 bits per heavy atom. The molecule has 1 aliphatic rings. The lowest BCUT2D eigenvalue weighted by atomic mass is 10.1. The van der Waals surface area contributed by atoms with Crippen LogP contribution in [0.15, 0.2) is 24.3 Å². The molecular formula is C20H28N4O3. The van der Waals surface area contributed by atoms with Gasteiger partial charge in [0.1, 0.15) is 0 Å². The van der Waals surface area contributed by atoms with Crippen molar-refractivity contribution in [1.29, 1.82) is 0 Å². The van der Waals surface area contributed by atoms with Crippen molar-refractivity contribution in [2.75, 3.05) is 25.1 Å². The van der Waals surface area contributed by atoms with Crippen LogP contribution in [0.1, 0.15) is 34.2 Å². The van der Waals surface area contributed by atoms with Gasteiger partial charge in [-0.2, -0.15) is 5.10 Å². The molecule has 27 heavy (non-hydrogen) atoms. The summed E-state index contributed by atoms with van der Waals surface area (Å²) < 4.78 is 7.14. The number of hydrogen-bond donors (Lipinski definition) is 2. The van der Waals surface area contributed by atoms with Crippen molar-refractivity contribution >= 4 is 11.6 Å². The lowest BCUT2D eigenvalue weighted by Crippen LogP contribution is -2.42. The Kier molecular flexibility index (Phi) is 5.94. The molecule has 0 unspecified atom stereocenters. The smallest absolute Gasteiger partial charge is 0.255 e. The van der Waals surface area contributed by atoms with E-state index in [0.717, 1.165) is 29.2 Å². The molecular weight excluding hydrogens is 344 g/mol. The van der Waals surface area contributed by atoms with Crippen LogP contribution in [-0.4, -0.2) is 57.6 Å². The lowest BCUT2D eigenvalue weighted by Gasteiger charge is -2.28. The van der Waals surface area contributed by atoms with Crippen LogP contribution in [0.2, 0.25) is 0 Å². The summed E-state index contributed by atoms with van der Waals surface area (Å²) >= 11 is 0. The van der Waals surface area contributed by atoms with Crippen molar-refractivity contribution in [2.45, 2.75) is 39.5 Å². The van der Waals surface area contributed by atoms with Gasteiger partial charge in [-0.05, 0) is 38.1 Å². The average molecular weight is 372 g/mol. The Balaban J connectivity index is 1.73. The number of ether oxygens (including phenoxy) is 1. The number of carbonyl (C=O) groups excluding carboxylic acids is 1. The van der Waals surface area contributed by atoms with Crippen LogP contribution in [-0.2, 0) is 18.3 Å². The number of aryl methyl sites for hydroxylation is 2. The van der Waals surface area contributed by atoms with E-state index < -0.39 is 6.10 Å². The molecule has 1 aliphatic heterocycles. The number of benzene rings is 1. The van der Waals surface area contributed by atoms with E-state index in [0.29, 0.717) is 25.3 Å². The largest absolute Gasteiger partial charge is 0.389 e. The number of likely N-dealkylation sites (N-methyl/N-ethyl adjacent to an activating group) is 1. The van der Waals surface area contributed by atoms with Gasteiger partial charge in [0.15, 0.2) is 0 Å². The van der Waals surface area contributed by atoms with Crippen LogP contribution in [0.5, 0.6) is 0 Å². The van der Waals surface area contributed by atoms with Gasteiger partial charge in [-0.1, -0.05) is 19.1 Å². The van der Waals surface area contributed by atoms with Gasteiger partial charge < -0.3 is 15.2 Å². The SMILES string of the molecule is CCN(Cc1cccc(C(=O)Nc2c(C)nn(C)c2C)c1)[C@H]1COC[C@@H]1O. The van der Waals surface area contributed by atoms with Crippen LogP contribution in [0.25, 0.3) is 0 Å². The fraction of sp³-hybridized carbons (Fsp3) is 0.500. The zero-order valence-corrected chi connectivity index (χ0v) is 16.4. The Labute approximate surface area is 159 Å². The Bertz CT molecular complexity index is 818. The van der Waals surface area contributed by atoms with Gasteiger partial charge in [0.05, 0.1) is 42.4 Å². The Hall–Kier alpha value is -2.22. The van der Waals surface area contributed by atoms with Crippen molar-refractivity contribution in [3.63, 3.8) is 0 Å². The first-order valence-electron chi connectivity index (χ1n) is 9.31. The van der Waals surface area contributed by atoms with Crippen molar-refractivity contribution in [2.24, 2.45) is 7.05 Å². The van der Waals surface area contributed by atoms with E-state index in [2.05, 4.69) is 22.2 Å². The molecule has 2 N–H and O–H groups in total. The number of rotatable bonds is 6. The molecule has 0 spiro atoms. The molecule has 7 nitrogen and oxygen atoms in total. The normalized spacial score (nSPS) is 19.6. The molecule has 0 bridgehead atoms. The van der Waals surface area contributed by atoms with Gasteiger partial charge in [-0.3, -0.25) is 14.4 Å². The number of amides is 1. The fourth-order valence-corrected chi connectivity index (χ4v) is 3.53. The molecule has 0 radical (unpaired) electrons. The van der Waals surface area contributed by atoms with E-state index in [1.165, 1.54) is 0 Å². The molecule has 3 rings (SSSR count). The van der Waals surface area contributed by atoms with Gasteiger partial charge in [0.25, 0.3) is 5.91 Å². The zero-order chi connectivity index (χ0) is 19.6. The molecule has 0 saturated carbocycles. The van der Waals surface area contributed by atoms with Crippen molar-refractivity contribution in [3.8, 4) is 0 Å². The second-order valence-corrected chi connectivity index (χ2v) is 7.06. The molecule has 1 fully saturated rings. The zero-order valence-electron chi connectivity index (χ0n) is 16.4. The predicted octanol–water partition coefficient (Wildman–Crippen LogP) is 1.87. The fourth-order valence-electron chi connectivity index (χ4n) is 3.53. The molecule has 2 atom stereocenters. The molecule has 0 aliphatic carbocycles. The summed E-state index contributed by atoms with van der Waals surface area (Å²) in [4.78, 5) is 14.9. The van der Waals surface area contributed by atoms with E-state index in [9.17, 15) is 9.90 Å². The lowest BCUT2D eigenvalue weighted by molar-refractivity contribution is 0.0807. The molecule has 7 heteroatoms. The van der Waals surface area contributed by atoms with Crippen LogP contribution in [0.3, 0.4) is 0 Å². The third kappa shape index (κ3) is 4.21. The summed E-state index contributed by atoms with van der Waals surface area (Å²) in [6.07, 6.45) is -0.465. The first-order chi connectivity index (χ1) is 12.9. The quantitative estimate of drug-likeness (QED) is 0.809. The van der Waals surface area contributed by atoms with E-state index in [-0.39, 0.29) is 11.9 Å². The van der Waals surface area contributed by atoms with Gasteiger partial charge in [-0.15, -0.1) is 0 Å². The highest BCUT2D eigenvalue weighted by Crippen LogP contribution is 2.21. The Morgan fingerprint density at radius 2 is 2.19 bits per heavy atom. The highest BCUT2D eigenvalue weighted by atomic mass is 16.5. The predicted molar refractivity (Wildman–Crippen MR) is 104 cm³/mol. The number of hydrogen-bond acceptors (Lipinski definition) is 5. The summed E-state index contributed by atoms with van der Waals surface area (Å²) in [7, 11) is 1.86. The molecule has 1 amide bonds. The number of aromatic nitrogens is 2. The maximum absolute atomic E-state index is 12.7. The molecule has 1 aromatic carbocycles. The molecule has 1 aromatic heterocycles. The second kappa shape index (κ2) is 8.21. The topological polar surface area (TPSA) is 79.6 Å². The second-order valence-electron chi connectivity index (χ2n) is 7.06. The minimum absolute atomic E-state index is 0.00632. The number of carbonyl (C=O) groups is 1. The van der Waals surface area contributed by atoms with Crippen molar-refractivity contribution in [3.05, 3.63) is 46.8 Å². The van der Waals surface area contributed by atoms with Crippen LogP contribution in [0, 0.1) is 13.8 Å². The van der Waals surface area contributed by atoms with Gasteiger partial charge in [0, 0.05) is 19.2 Å². The van der Waals surface area contributed by atoms with E-state index in [1.54, 1.807) is 4.68 Å². The van der Waals surface area contributed by atoms with Crippen molar-refractivity contribution < 1.29 is 14.6 Å². The van der Waals surface area contributed by atoms with Crippen LogP contribution < -0.4 is 5.32 Å². The first kappa shape index (κ1) is 19.5. The highest BCUT2D eigenvalue weighted by molar-refractivity contribution is 6.05. The van der Waals surface area contributed by atoms with Gasteiger partial charge in [-0.25, -0.2) is 0 Å². The third-order valence-electron chi connectivity index (χ3n) is 5.22. The number of anilines is 1. The maximum Gasteiger partial charge on any atom is 0.255 e. The van der Waals surface area contributed by atoms with E-state index in [4.69, 9.17) is 4.74 Å². The summed E-state index contributed by atoms with van der Waals surface area (Å²) in [5, 5.41) is 17.4. The van der Waals surface area contributed by atoms with E-state index in [1.807, 2.05) is 45.2 Å². The molecule has 2 heterocycles. The maximum atomic E-state index is 12.7. The molecule has 1 saturated heterocycles. The van der Waals surface area contributed by atoms with Gasteiger partial charge >= 0.3 is 0 Å². The number of nitrogens with one attached hydrogen (secondary N) is 1. The third-order valence-corrected chi connectivity index (χ3v) is 5.22.